The molecular formula is C19H17N3O3S. The number of hydrogen-bond donors (Lipinski definition) is 1. The SMILES string of the molecule is COc1ccc(/C=N\N=C2/NC(=O)/C(=C/c3ccc(OC)cc3)S2)cc1. The van der Waals surface area contributed by atoms with Gasteiger partial charge in [0.05, 0.1) is 25.3 Å². The van der Waals surface area contributed by atoms with Crippen LogP contribution < -0.4 is 14.8 Å². The van der Waals surface area contributed by atoms with Crippen LogP contribution >= 0.6 is 11.8 Å². The maximum Gasteiger partial charge on any atom is 0.264 e. The van der Waals surface area contributed by atoms with Gasteiger partial charge in [-0.15, -0.1) is 5.10 Å². The molecule has 3 rings (SSSR count). The molecule has 2 aromatic carbocycles. The molecule has 1 aliphatic heterocycles. The molecule has 0 aliphatic carbocycles. The molecule has 2 aromatic rings. The number of hydrogen-bond acceptors (Lipinski definition) is 6. The molecule has 1 fully saturated rings. The molecule has 0 spiro atoms. The van der Waals surface area contributed by atoms with Crippen molar-refractivity contribution in [2.75, 3.05) is 14.2 Å². The minimum Gasteiger partial charge on any atom is -0.497 e. The number of nitrogens with zero attached hydrogens (tertiary/aromatic N) is 2. The number of amidine groups is 1. The molecule has 132 valence electrons. The zero-order valence-electron chi connectivity index (χ0n) is 14.3. The van der Waals surface area contributed by atoms with E-state index < -0.39 is 0 Å². The Balaban J connectivity index is 1.66. The fourth-order valence-electron chi connectivity index (χ4n) is 2.16. The lowest BCUT2D eigenvalue weighted by Gasteiger charge is -1.99. The lowest BCUT2D eigenvalue weighted by Crippen LogP contribution is -2.19. The van der Waals surface area contributed by atoms with Crippen molar-refractivity contribution in [1.82, 2.24) is 5.32 Å². The summed E-state index contributed by atoms with van der Waals surface area (Å²) in [5, 5.41) is 11.2. The molecule has 0 saturated carbocycles. The van der Waals surface area contributed by atoms with Gasteiger partial charge in [0.1, 0.15) is 11.5 Å². The van der Waals surface area contributed by atoms with Crippen LogP contribution in [0, 0.1) is 0 Å². The summed E-state index contributed by atoms with van der Waals surface area (Å²) in [7, 11) is 3.23. The first-order valence-corrected chi connectivity index (χ1v) is 8.59. The lowest BCUT2D eigenvalue weighted by atomic mass is 10.2. The summed E-state index contributed by atoms with van der Waals surface area (Å²) >= 11 is 1.25. The molecule has 6 nitrogen and oxygen atoms in total. The minimum atomic E-state index is -0.191. The number of nitrogens with one attached hydrogen (secondary N) is 1. The predicted octanol–water partition coefficient (Wildman–Crippen LogP) is 3.30. The molecule has 1 heterocycles. The van der Waals surface area contributed by atoms with Crippen LogP contribution in [0.5, 0.6) is 11.5 Å². The molecule has 1 saturated heterocycles. The van der Waals surface area contributed by atoms with Gasteiger partial charge in [-0.25, -0.2) is 0 Å². The van der Waals surface area contributed by atoms with Gasteiger partial charge in [-0.3, -0.25) is 10.1 Å². The van der Waals surface area contributed by atoms with Gasteiger partial charge in [0.15, 0.2) is 5.17 Å². The van der Waals surface area contributed by atoms with Crippen molar-refractivity contribution in [2.45, 2.75) is 0 Å². The quantitative estimate of drug-likeness (QED) is 0.500. The Kier molecular flexibility index (Phi) is 5.70. The Morgan fingerprint density at radius 2 is 1.50 bits per heavy atom. The summed E-state index contributed by atoms with van der Waals surface area (Å²) in [5.74, 6) is 1.36. The third-order valence-electron chi connectivity index (χ3n) is 3.54. The number of methoxy groups -OCH3 is 2. The van der Waals surface area contributed by atoms with Crippen LogP contribution in [0.15, 0.2) is 63.6 Å². The second-order valence-electron chi connectivity index (χ2n) is 5.26. The Bertz CT molecular complexity index is 872. The van der Waals surface area contributed by atoms with E-state index in [-0.39, 0.29) is 5.91 Å². The van der Waals surface area contributed by atoms with Crippen LogP contribution in [0.4, 0.5) is 0 Å². The monoisotopic (exact) mass is 367 g/mol. The minimum absolute atomic E-state index is 0.191. The van der Waals surface area contributed by atoms with Gasteiger partial charge in [-0.1, -0.05) is 12.1 Å². The average Bonchev–Trinajstić information content (AvgIpc) is 3.02. The van der Waals surface area contributed by atoms with Gasteiger partial charge >= 0.3 is 0 Å². The van der Waals surface area contributed by atoms with E-state index in [0.717, 1.165) is 22.6 Å². The van der Waals surface area contributed by atoms with Gasteiger partial charge in [0.25, 0.3) is 5.91 Å². The van der Waals surface area contributed by atoms with Gasteiger partial charge in [-0.05, 0) is 65.4 Å². The number of carbonyl (C=O) groups excluding carboxylic acids is 1. The molecule has 0 unspecified atom stereocenters. The van der Waals surface area contributed by atoms with Gasteiger partial charge in [0, 0.05) is 0 Å². The Morgan fingerprint density at radius 3 is 2.08 bits per heavy atom. The smallest absolute Gasteiger partial charge is 0.264 e. The van der Waals surface area contributed by atoms with E-state index in [0.29, 0.717) is 10.1 Å². The normalized spacial score (nSPS) is 17.1. The van der Waals surface area contributed by atoms with Crippen LogP contribution in [0.25, 0.3) is 6.08 Å². The number of ether oxygens (including phenoxy) is 2. The summed E-state index contributed by atoms with van der Waals surface area (Å²) in [5.41, 5.74) is 1.80. The molecule has 7 heteroatoms. The van der Waals surface area contributed by atoms with E-state index in [9.17, 15) is 4.79 Å². The molecule has 26 heavy (non-hydrogen) atoms. The first-order valence-electron chi connectivity index (χ1n) is 7.78. The summed E-state index contributed by atoms with van der Waals surface area (Å²) in [4.78, 5) is 12.6. The van der Waals surface area contributed by atoms with Crippen LogP contribution in [0.3, 0.4) is 0 Å². The standard InChI is InChI=1S/C19H17N3O3S/c1-24-15-7-3-13(4-8-15)11-17-18(23)21-19(26-17)22-20-12-14-5-9-16(25-2)10-6-14/h3-12H,1-2H3,(H,21,22,23)/b17-11-,20-12-. The van der Waals surface area contributed by atoms with E-state index >= 15 is 0 Å². The third-order valence-corrected chi connectivity index (χ3v) is 4.44. The first-order chi connectivity index (χ1) is 12.7. The van der Waals surface area contributed by atoms with Crippen molar-refractivity contribution in [2.24, 2.45) is 10.2 Å². The Morgan fingerprint density at radius 1 is 0.923 bits per heavy atom. The van der Waals surface area contributed by atoms with Crippen molar-refractivity contribution in [1.29, 1.82) is 0 Å². The topological polar surface area (TPSA) is 72.3 Å². The Hall–Kier alpha value is -3.06. The fourth-order valence-corrected chi connectivity index (χ4v) is 2.94. The maximum atomic E-state index is 12.0. The number of amides is 1. The second-order valence-corrected chi connectivity index (χ2v) is 6.29. The third kappa shape index (κ3) is 4.52. The van der Waals surface area contributed by atoms with E-state index in [1.165, 1.54) is 11.8 Å². The Labute approximate surface area is 155 Å². The van der Waals surface area contributed by atoms with Gasteiger partial charge in [0.2, 0.25) is 0 Å². The number of thioether (sulfide) groups is 1. The largest absolute Gasteiger partial charge is 0.497 e. The molecule has 1 amide bonds. The molecule has 0 atom stereocenters. The van der Waals surface area contributed by atoms with E-state index in [1.54, 1.807) is 26.5 Å². The predicted molar refractivity (Wildman–Crippen MR) is 105 cm³/mol. The molecule has 0 bridgehead atoms. The van der Waals surface area contributed by atoms with E-state index in [4.69, 9.17) is 9.47 Å². The highest BCUT2D eigenvalue weighted by Gasteiger charge is 2.23. The highest BCUT2D eigenvalue weighted by Crippen LogP contribution is 2.26. The van der Waals surface area contributed by atoms with Gasteiger partial charge < -0.3 is 9.47 Å². The molecular weight excluding hydrogens is 350 g/mol. The molecule has 0 aromatic heterocycles. The number of carbonyl (C=O) groups is 1. The summed E-state index contributed by atoms with van der Waals surface area (Å²) < 4.78 is 10.2. The maximum absolute atomic E-state index is 12.0. The van der Waals surface area contributed by atoms with E-state index in [1.807, 2.05) is 48.5 Å². The number of benzene rings is 2. The fraction of sp³-hybridized carbons (Fsp3) is 0.105. The highest BCUT2D eigenvalue weighted by atomic mass is 32.2. The first kappa shape index (κ1) is 17.8. The van der Waals surface area contributed by atoms with Crippen molar-refractivity contribution in [3.63, 3.8) is 0 Å². The number of rotatable bonds is 5. The summed E-state index contributed by atoms with van der Waals surface area (Å²) in [6, 6.07) is 14.9. The van der Waals surface area contributed by atoms with Crippen LogP contribution in [0.2, 0.25) is 0 Å². The zero-order chi connectivity index (χ0) is 18.4. The molecule has 0 radical (unpaired) electrons. The van der Waals surface area contributed by atoms with Gasteiger partial charge in [-0.2, -0.15) is 5.10 Å². The average molecular weight is 367 g/mol. The van der Waals surface area contributed by atoms with Crippen molar-refractivity contribution >= 4 is 35.1 Å². The zero-order valence-corrected chi connectivity index (χ0v) is 15.1. The van der Waals surface area contributed by atoms with Crippen LogP contribution in [-0.2, 0) is 4.79 Å². The van der Waals surface area contributed by atoms with E-state index in [2.05, 4.69) is 15.5 Å². The van der Waals surface area contributed by atoms with Crippen molar-refractivity contribution in [3.05, 3.63) is 64.6 Å². The lowest BCUT2D eigenvalue weighted by molar-refractivity contribution is -0.115. The summed E-state index contributed by atoms with van der Waals surface area (Å²) in [6.07, 6.45) is 3.42. The van der Waals surface area contributed by atoms with Crippen LogP contribution in [0.1, 0.15) is 11.1 Å². The van der Waals surface area contributed by atoms with Crippen LogP contribution in [-0.4, -0.2) is 31.5 Å². The highest BCUT2D eigenvalue weighted by molar-refractivity contribution is 8.18. The molecule has 1 N–H and O–H groups in total. The second kappa shape index (κ2) is 8.35. The van der Waals surface area contributed by atoms with Crippen molar-refractivity contribution < 1.29 is 14.3 Å². The molecule has 1 aliphatic rings. The van der Waals surface area contributed by atoms with Crippen molar-refractivity contribution in [3.8, 4) is 11.5 Å². The summed E-state index contributed by atoms with van der Waals surface area (Å²) in [6.45, 7) is 0.